The summed E-state index contributed by atoms with van der Waals surface area (Å²) in [7, 11) is 1.74. The van der Waals surface area contributed by atoms with Crippen LogP contribution in [-0.2, 0) is 9.47 Å². The summed E-state index contributed by atoms with van der Waals surface area (Å²) in [5.74, 6) is 0. The Kier molecular flexibility index (Phi) is 6.32. The molecule has 0 spiro atoms. The summed E-state index contributed by atoms with van der Waals surface area (Å²) in [6, 6.07) is 0. The molecule has 1 N–H and O–H groups in total. The third kappa shape index (κ3) is 4.81. The van der Waals surface area contributed by atoms with E-state index in [9.17, 15) is 0 Å². The summed E-state index contributed by atoms with van der Waals surface area (Å²) in [4.78, 5) is 0. The van der Waals surface area contributed by atoms with Crippen LogP contribution in [0.15, 0.2) is 0 Å². The Morgan fingerprint density at radius 1 is 1.50 bits per heavy atom. The molecule has 1 saturated heterocycles. The Balaban J connectivity index is 2.24. The van der Waals surface area contributed by atoms with Crippen molar-refractivity contribution in [3.63, 3.8) is 0 Å². The second-order valence-corrected chi connectivity index (χ2v) is 5.17. The number of rotatable bonds is 8. The maximum atomic E-state index is 5.73. The van der Waals surface area contributed by atoms with Crippen LogP contribution in [0.25, 0.3) is 0 Å². The molecule has 1 heterocycles. The molecule has 16 heavy (non-hydrogen) atoms. The van der Waals surface area contributed by atoms with Crippen molar-refractivity contribution in [2.75, 3.05) is 33.4 Å². The average Bonchev–Trinajstić information content (AvgIpc) is 2.77. The van der Waals surface area contributed by atoms with Gasteiger partial charge in [0, 0.05) is 26.8 Å². The summed E-state index contributed by atoms with van der Waals surface area (Å²) in [5.41, 5.74) is 0.364. The molecule has 3 heteroatoms. The van der Waals surface area contributed by atoms with Gasteiger partial charge >= 0.3 is 0 Å². The SMILES string of the molecule is CCC(C)(CNCCOC)CC1CCCO1. The number of hydrogen-bond acceptors (Lipinski definition) is 3. The third-order valence-electron chi connectivity index (χ3n) is 3.63. The number of methoxy groups -OCH3 is 1. The van der Waals surface area contributed by atoms with E-state index in [0.717, 1.165) is 26.3 Å². The molecule has 1 rings (SSSR count). The molecular formula is C13H27NO2. The normalized spacial score (nSPS) is 24.6. The molecule has 1 fully saturated rings. The third-order valence-corrected chi connectivity index (χ3v) is 3.63. The zero-order valence-electron chi connectivity index (χ0n) is 11.1. The summed E-state index contributed by atoms with van der Waals surface area (Å²) >= 11 is 0. The predicted octanol–water partition coefficient (Wildman–Crippen LogP) is 2.21. The molecule has 0 aromatic heterocycles. The van der Waals surface area contributed by atoms with Crippen LogP contribution in [0.2, 0.25) is 0 Å². The largest absolute Gasteiger partial charge is 0.383 e. The Labute approximate surface area is 99.9 Å². The zero-order valence-corrected chi connectivity index (χ0v) is 11.1. The maximum Gasteiger partial charge on any atom is 0.0587 e. The molecule has 0 saturated carbocycles. The molecule has 0 bridgehead atoms. The van der Waals surface area contributed by atoms with Crippen molar-refractivity contribution in [3.8, 4) is 0 Å². The Hall–Kier alpha value is -0.120. The van der Waals surface area contributed by atoms with Gasteiger partial charge in [0.05, 0.1) is 12.7 Å². The maximum absolute atomic E-state index is 5.73. The van der Waals surface area contributed by atoms with Crippen LogP contribution in [0.3, 0.4) is 0 Å². The standard InChI is InChI=1S/C13H27NO2/c1-4-13(2,11-14-7-9-15-3)10-12-6-5-8-16-12/h12,14H,4-11H2,1-3H3. The molecule has 1 aliphatic rings. The van der Waals surface area contributed by atoms with Gasteiger partial charge in [0.15, 0.2) is 0 Å². The first-order valence-electron chi connectivity index (χ1n) is 6.51. The molecule has 2 unspecified atom stereocenters. The number of nitrogens with one attached hydrogen (secondary N) is 1. The average molecular weight is 229 g/mol. The van der Waals surface area contributed by atoms with Gasteiger partial charge in [-0.2, -0.15) is 0 Å². The molecule has 1 aliphatic heterocycles. The highest BCUT2D eigenvalue weighted by atomic mass is 16.5. The van der Waals surface area contributed by atoms with Gasteiger partial charge in [-0.3, -0.25) is 0 Å². The van der Waals surface area contributed by atoms with Crippen molar-refractivity contribution >= 4 is 0 Å². The fourth-order valence-corrected chi connectivity index (χ4v) is 2.26. The minimum absolute atomic E-state index is 0.364. The summed E-state index contributed by atoms with van der Waals surface area (Å²) in [6.07, 6.45) is 5.36. The van der Waals surface area contributed by atoms with Crippen LogP contribution in [0.5, 0.6) is 0 Å². The highest BCUT2D eigenvalue weighted by Crippen LogP contribution is 2.31. The van der Waals surface area contributed by atoms with Crippen LogP contribution in [0.1, 0.15) is 39.5 Å². The lowest BCUT2D eigenvalue weighted by molar-refractivity contribution is 0.0637. The molecule has 0 radical (unpaired) electrons. The summed E-state index contributed by atoms with van der Waals surface area (Å²) in [5, 5.41) is 3.47. The molecule has 0 aliphatic carbocycles. The molecule has 3 nitrogen and oxygen atoms in total. The lowest BCUT2D eigenvalue weighted by Crippen LogP contribution is -2.35. The van der Waals surface area contributed by atoms with Gasteiger partial charge in [-0.25, -0.2) is 0 Å². The lowest BCUT2D eigenvalue weighted by atomic mass is 9.81. The van der Waals surface area contributed by atoms with Crippen molar-refractivity contribution in [1.82, 2.24) is 5.32 Å². The van der Waals surface area contributed by atoms with Crippen LogP contribution >= 0.6 is 0 Å². The number of ether oxygens (including phenoxy) is 2. The first kappa shape index (κ1) is 13.9. The van der Waals surface area contributed by atoms with E-state index in [-0.39, 0.29) is 0 Å². The molecular weight excluding hydrogens is 202 g/mol. The van der Waals surface area contributed by atoms with Gasteiger partial charge in [-0.05, 0) is 31.1 Å². The van der Waals surface area contributed by atoms with Crippen molar-refractivity contribution in [2.24, 2.45) is 5.41 Å². The topological polar surface area (TPSA) is 30.5 Å². The Morgan fingerprint density at radius 3 is 2.88 bits per heavy atom. The van der Waals surface area contributed by atoms with Gasteiger partial charge < -0.3 is 14.8 Å². The van der Waals surface area contributed by atoms with Crippen molar-refractivity contribution in [1.29, 1.82) is 0 Å². The van der Waals surface area contributed by atoms with Crippen molar-refractivity contribution in [2.45, 2.75) is 45.6 Å². The Morgan fingerprint density at radius 2 is 2.31 bits per heavy atom. The van der Waals surface area contributed by atoms with E-state index in [2.05, 4.69) is 19.2 Å². The highest BCUT2D eigenvalue weighted by Gasteiger charge is 2.28. The van der Waals surface area contributed by atoms with Gasteiger partial charge in [0.2, 0.25) is 0 Å². The van der Waals surface area contributed by atoms with E-state index >= 15 is 0 Å². The molecule has 0 aromatic rings. The van der Waals surface area contributed by atoms with Crippen molar-refractivity contribution < 1.29 is 9.47 Å². The van der Waals surface area contributed by atoms with Gasteiger partial charge in [-0.1, -0.05) is 13.8 Å². The lowest BCUT2D eigenvalue weighted by Gasteiger charge is -2.31. The fraction of sp³-hybridized carbons (Fsp3) is 1.00. The van der Waals surface area contributed by atoms with Gasteiger partial charge in [0.1, 0.15) is 0 Å². The highest BCUT2D eigenvalue weighted by molar-refractivity contribution is 4.81. The Bertz CT molecular complexity index is 181. The molecule has 0 amide bonds. The second-order valence-electron chi connectivity index (χ2n) is 5.17. The van der Waals surface area contributed by atoms with E-state index in [4.69, 9.17) is 9.47 Å². The van der Waals surface area contributed by atoms with Crippen LogP contribution in [-0.4, -0.2) is 39.5 Å². The predicted molar refractivity (Wildman–Crippen MR) is 66.7 cm³/mol. The molecule has 2 atom stereocenters. The molecule has 96 valence electrons. The molecule has 0 aromatic carbocycles. The monoisotopic (exact) mass is 229 g/mol. The first-order chi connectivity index (χ1) is 7.70. The van der Waals surface area contributed by atoms with E-state index in [0.29, 0.717) is 11.5 Å². The van der Waals surface area contributed by atoms with Gasteiger partial charge in [0.25, 0.3) is 0 Å². The minimum atomic E-state index is 0.364. The van der Waals surface area contributed by atoms with E-state index < -0.39 is 0 Å². The van der Waals surface area contributed by atoms with Crippen LogP contribution in [0.4, 0.5) is 0 Å². The van der Waals surface area contributed by atoms with Crippen LogP contribution < -0.4 is 5.32 Å². The van der Waals surface area contributed by atoms with Crippen molar-refractivity contribution in [3.05, 3.63) is 0 Å². The van der Waals surface area contributed by atoms with Gasteiger partial charge in [-0.15, -0.1) is 0 Å². The first-order valence-corrected chi connectivity index (χ1v) is 6.51. The zero-order chi connectivity index (χ0) is 11.9. The van der Waals surface area contributed by atoms with E-state index in [1.165, 1.54) is 25.7 Å². The van der Waals surface area contributed by atoms with E-state index in [1.54, 1.807) is 7.11 Å². The quantitative estimate of drug-likeness (QED) is 0.647. The minimum Gasteiger partial charge on any atom is -0.383 e. The smallest absolute Gasteiger partial charge is 0.0587 e. The van der Waals surface area contributed by atoms with E-state index in [1.807, 2.05) is 0 Å². The van der Waals surface area contributed by atoms with Crippen LogP contribution in [0, 0.1) is 5.41 Å². The fourth-order valence-electron chi connectivity index (χ4n) is 2.26. The second kappa shape index (κ2) is 7.25. The summed E-state index contributed by atoms with van der Waals surface area (Å²) in [6.45, 7) is 8.38. The number of hydrogen-bond donors (Lipinski definition) is 1. The summed E-state index contributed by atoms with van der Waals surface area (Å²) < 4.78 is 10.8.